The van der Waals surface area contributed by atoms with Crippen LogP contribution in [0.1, 0.15) is 50.4 Å². The Labute approximate surface area is 163 Å². The number of carbonyl (C=O) groups is 2. The maximum atomic E-state index is 12.9. The highest BCUT2D eigenvalue weighted by molar-refractivity contribution is 6.11. The summed E-state index contributed by atoms with van der Waals surface area (Å²) >= 11 is 0. The zero-order valence-corrected chi connectivity index (χ0v) is 15.9. The summed E-state index contributed by atoms with van der Waals surface area (Å²) in [5, 5.41) is 2.98. The Balaban J connectivity index is 1.70. The van der Waals surface area contributed by atoms with E-state index >= 15 is 0 Å². The van der Waals surface area contributed by atoms with Crippen LogP contribution in [0.2, 0.25) is 0 Å². The number of hydrogen-bond acceptors (Lipinski definition) is 4. The molecular weight excluding hydrogens is 352 g/mol. The molecule has 0 bridgehead atoms. The minimum Gasteiger partial charge on any atom is -0.383 e. The number of anilines is 1. The largest absolute Gasteiger partial charge is 0.383 e. The predicted octanol–water partition coefficient (Wildman–Crippen LogP) is 3.19. The zero-order chi connectivity index (χ0) is 19.8. The molecule has 1 fully saturated rings. The fraction of sp³-hybridized carbons (Fsp3) is 0.227. The summed E-state index contributed by atoms with van der Waals surface area (Å²) in [6, 6.07) is 13.1. The van der Waals surface area contributed by atoms with Crippen molar-refractivity contribution in [2.24, 2.45) is 0 Å². The molecule has 1 aromatic heterocycles. The number of nitrogens with zero attached hydrogens (tertiary/aromatic N) is 2. The molecule has 1 amide bonds. The Morgan fingerprint density at radius 3 is 2.57 bits per heavy atom. The van der Waals surface area contributed by atoms with Gasteiger partial charge in [0.1, 0.15) is 12.1 Å². The summed E-state index contributed by atoms with van der Waals surface area (Å²) in [5.41, 5.74) is 10.2. The Hall–Kier alpha value is -3.41. The monoisotopic (exact) mass is 374 g/mol. The van der Waals surface area contributed by atoms with Gasteiger partial charge in [0.2, 0.25) is 5.78 Å². The van der Waals surface area contributed by atoms with Crippen LogP contribution in [0.5, 0.6) is 0 Å². The third-order valence-electron chi connectivity index (χ3n) is 5.05. The lowest BCUT2D eigenvalue weighted by atomic mass is 10.0. The second-order valence-corrected chi connectivity index (χ2v) is 7.24. The molecule has 3 N–H and O–H groups in total. The van der Waals surface area contributed by atoms with Crippen LogP contribution in [-0.2, 0) is 0 Å². The maximum absolute atomic E-state index is 12.9. The molecule has 142 valence electrons. The van der Waals surface area contributed by atoms with Crippen molar-refractivity contribution in [1.82, 2.24) is 14.9 Å². The van der Waals surface area contributed by atoms with Crippen molar-refractivity contribution in [2.75, 3.05) is 5.73 Å². The fourth-order valence-electron chi connectivity index (χ4n) is 3.19. The van der Waals surface area contributed by atoms with E-state index in [4.69, 9.17) is 5.73 Å². The molecule has 1 heterocycles. The van der Waals surface area contributed by atoms with Gasteiger partial charge in [-0.15, -0.1) is 0 Å². The molecule has 0 unspecified atom stereocenters. The van der Waals surface area contributed by atoms with Gasteiger partial charge in [0.25, 0.3) is 5.91 Å². The van der Waals surface area contributed by atoms with Crippen LogP contribution in [0.4, 0.5) is 5.82 Å². The summed E-state index contributed by atoms with van der Waals surface area (Å²) in [6.07, 6.45) is 3.60. The third-order valence-corrected chi connectivity index (χ3v) is 5.05. The quantitative estimate of drug-likeness (QED) is 0.671. The first-order valence-corrected chi connectivity index (χ1v) is 9.30. The molecule has 0 radical (unpaired) electrons. The molecule has 0 aliphatic heterocycles. The number of hydrogen-bond donors (Lipinski definition) is 2. The topological polar surface area (TPSA) is 90.0 Å². The number of amides is 1. The van der Waals surface area contributed by atoms with Crippen molar-refractivity contribution in [3.05, 3.63) is 76.7 Å². The highest BCUT2D eigenvalue weighted by atomic mass is 16.1. The van der Waals surface area contributed by atoms with Crippen LogP contribution < -0.4 is 11.1 Å². The Morgan fingerprint density at radius 1 is 1.11 bits per heavy atom. The van der Waals surface area contributed by atoms with E-state index in [1.165, 1.54) is 6.33 Å². The number of aromatic nitrogens is 2. The normalized spacial score (nSPS) is 13.4. The molecule has 6 nitrogen and oxygen atoms in total. The lowest BCUT2D eigenvalue weighted by Gasteiger charge is -2.12. The van der Waals surface area contributed by atoms with Gasteiger partial charge < -0.3 is 11.1 Å². The summed E-state index contributed by atoms with van der Waals surface area (Å²) in [7, 11) is 0. The van der Waals surface area contributed by atoms with Gasteiger partial charge in [-0.3, -0.25) is 14.2 Å². The van der Waals surface area contributed by atoms with Crippen molar-refractivity contribution in [2.45, 2.75) is 32.7 Å². The molecule has 0 spiro atoms. The van der Waals surface area contributed by atoms with Crippen LogP contribution >= 0.6 is 0 Å². The van der Waals surface area contributed by atoms with Gasteiger partial charge in [-0.25, -0.2) is 4.98 Å². The van der Waals surface area contributed by atoms with Gasteiger partial charge in [0, 0.05) is 17.2 Å². The first kappa shape index (κ1) is 18.0. The number of ketones is 1. The summed E-state index contributed by atoms with van der Waals surface area (Å²) in [6.45, 7) is 3.81. The van der Waals surface area contributed by atoms with Crippen molar-refractivity contribution in [3.8, 4) is 5.69 Å². The summed E-state index contributed by atoms with van der Waals surface area (Å²) in [5.74, 6) is -0.0515. The number of aryl methyl sites for hydroxylation is 2. The maximum Gasteiger partial charge on any atom is 0.251 e. The molecule has 2 aromatic carbocycles. The molecule has 4 rings (SSSR count). The number of benzene rings is 2. The smallest absolute Gasteiger partial charge is 0.251 e. The van der Waals surface area contributed by atoms with Gasteiger partial charge in [0.05, 0.1) is 5.69 Å². The van der Waals surface area contributed by atoms with E-state index in [1.54, 1.807) is 22.8 Å². The van der Waals surface area contributed by atoms with Gasteiger partial charge >= 0.3 is 0 Å². The van der Waals surface area contributed by atoms with Crippen molar-refractivity contribution >= 4 is 17.5 Å². The van der Waals surface area contributed by atoms with Gasteiger partial charge in [-0.05, 0) is 49.9 Å². The van der Waals surface area contributed by atoms with Gasteiger partial charge in [-0.1, -0.05) is 30.3 Å². The molecule has 1 aliphatic rings. The van der Waals surface area contributed by atoms with Crippen LogP contribution in [-0.4, -0.2) is 27.3 Å². The van der Waals surface area contributed by atoms with E-state index in [9.17, 15) is 9.59 Å². The van der Waals surface area contributed by atoms with E-state index in [-0.39, 0.29) is 29.2 Å². The minimum atomic E-state index is -0.213. The molecule has 6 heteroatoms. The summed E-state index contributed by atoms with van der Waals surface area (Å²) < 4.78 is 1.66. The van der Waals surface area contributed by atoms with Crippen molar-refractivity contribution < 1.29 is 9.59 Å². The van der Waals surface area contributed by atoms with E-state index in [1.807, 2.05) is 38.1 Å². The molecule has 28 heavy (non-hydrogen) atoms. The SMILES string of the molecule is Cc1ccccc1C(=O)c1ncn(-c2cc(C(=O)NC3CC3)ccc2C)c1N. The van der Waals surface area contributed by atoms with Crippen LogP contribution in [0.25, 0.3) is 5.69 Å². The number of nitrogens with two attached hydrogens (primary N) is 1. The Morgan fingerprint density at radius 2 is 1.86 bits per heavy atom. The average molecular weight is 374 g/mol. The number of carbonyl (C=O) groups excluding carboxylic acids is 2. The molecule has 1 aliphatic carbocycles. The first-order chi connectivity index (χ1) is 13.5. The number of nitrogens with one attached hydrogen (secondary N) is 1. The van der Waals surface area contributed by atoms with Crippen LogP contribution in [0.15, 0.2) is 48.8 Å². The van der Waals surface area contributed by atoms with E-state index in [0.717, 1.165) is 29.7 Å². The second-order valence-electron chi connectivity index (χ2n) is 7.24. The minimum absolute atomic E-state index is 0.0985. The zero-order valence-electron chi connectivity index (χ0n) is 15.9. The molecular formula is C22H22N4O2. The van der Waals surface area contributed by atoms with Crippen molar-refractivity contribution in [3.63, 3.8) is 0 Å². The summed E-state index contributed by atoms with van der Waals surface area (Å²) in [4.78, 5) is 29.6. The molecule has 0 atom stereocenters. The number of nitrogen functional groups attached to an aromatic ring is 1. The van der Waals surface area contributed by atoms with E-state index < -0.39 is 0 Å². The van der Waals surface area contributed by atoms with E-state index in [2.05, 4.69) is 10.3 Å². The predicted molar refractivity (Wildman–Crippen MR) is 108 cm³/mol. The average Bonchev–Trinajstić information content (AvgIpc) is 3.42. The highest BCUT2D eigenvalue weighted by Gasteiger charge is 2.24. The number of imidazole rings is 1. The molecule has 3 aromatic rings. The number of rotatable bonds is 5. The lowest BCUT2D eigenvalue weighted by Crippen LogP contribution is -2.25. The Kier molecular flexibility index (Phi) is 4.47. The first-order valence-electron chi connectivity index (χ1n) is 9.30. The standard InChI is InChI=1S/C22H22N4O2/c1-13-5-3-4-6-17(13)20(27)19-21(23)26(12-24-19)18-11-15(8-7-14(18)2)22(28)25-16-9-10-16/h3-8,11-12,16H,9-10,23H2,1-2H3,(H,25,28). The third kappa shape index (κ3) is 3.29. The van der Waals surface area contributed by atoms with E-state index in [0.29, 0.717) is 11.1 Å². The second kappa shape index (κ2) is 6.96. The fourth-order valence-corrected chi connectivity index (χ4v) is 3.19. The Bertz CT molecular complexity index is 1080. The van der Waals surface area contributed by atoms with Gasteiger partial charge in [-0.2, -0.15) is 0 Å². The van der Waals surface area contributed by atoms with Gasteiger partial charge in [0.15, 0.2) is 5.69 Å². The molecule has 1 saturated carbocycles. The lowest BCUT2D eigenvalue weighted by molar-refractivity contribution is 0.0950. The van der Waals surface area contributed by atoms with Crippen molar-refractivity contribution in [1.29, 1.82) is 0 Å². The van der Waals surface area contributed by atoms with Crippen LogP contribution in [0.3, 0.4) is 0 Å². The molecule has 0 saturated heterocycles. The van der Waals surface area contributed by atoms with Crippen LogP contribution in [0, 0.1) is 13.8 Å². The highest BCUT2D eigenvalue weighted by Crippen LogP contribution is 2.25.